The van der Waals surface area contributed by atoms with E-state index in [2.05, 4.69) is 10.1 Å². The van der Waals surface area contributed by atoms with Crippen LogP contribution in [0.1, 0.15) is 11.3 Å². The van der Waals surface area contributed by atoms with E-state index in [1.165, 1.54) is 23.2 Å². The quantitative estimate of drug-likeness (QED) is 0.313. The van der Waals surface area contributed by atoms with Gasteiger partial charge in [0, 0.05) is 23.3 Å². The molecule has 0 unspecified atom stereocenters. The van der Waals surface area contributed by atoms with Crippen LogP contribution < -0.4 is 0 Å². The molecule has 162 valence electrons. The maximum atomic E-state index is 12.6. The van der Waals surface area contributed by atoms with E-state index < -0.39 is 10.8 Å². The maximum Gasteiger partial charge on any atom is 0.283 e. The smallest absolute Gasteiger partial charge is 0.283 e. The van der Waals surface area contributed by atoms with Gasteiger partial charge in [-0.05, 0) is 36.0 Å². The van der Waals surface area contributed by atoms with Gasteiger partial charge in [0.05, 0.1) is 15.5 Å². The number of hydrogen-bond donors (Lipinski definition) is 1. The van der Waals surface area contributed by atoms with E-state index in [1.807, 2.05) is 6.07 Å². The third-order valence-electron chi connectivity index (χ3n) is 4.81. The molecule has 9 nitrogen and oxygen atoms in total. The zero-order chi connectivity index (χ0) is 23.1. The molecule has 1 N–H and O–H groups in total. The molecule has 0 aliphatic carbocycles. The van der Waals surface area contributed by atoms with E-state index in [-0.39, 0.29) is 22.3 Å². The van der Waals surface area contributed by atoms with Gasteiger partial charge < -0.3 is 4.42 Å². The Balaban J connectivity index is 1.45. The van der Waals surface area contributed by atoms with Gasteiger partial charge >= 0.3 is 0 Å². The Hall–Kier alpha value is -4.02. The molecule has 0 saturated heterocycles. The lowest BCUT2D eigenvalue weighted by Crippen LogP contribution is -2.35. The molecule has 0 atom stereocenters. The number of hydrazone groups is 1. The molecule has 2 aliphatic rings. The first-order valence-corrected chi connectivity index (χ1v) is 10.7. The topological polar surface area (TPSA) is 125 Å². The zero-order valence-corrected chi connectivity index (χ0v) is 18.1. The first kappa shape index (κ1) is 20.9. The molecule has 2 aromatic carbocycles. The van der Waals surface area contributed by atoms with Gasteiger partial charge in [-0.25, -0.2) is 0 Å². The molecule has 3 heterocycles. The lowest BCUT2D eigenvalue weighted by Gasteiger charge is -2.19. The van der Waals surface area contributed by atoms with Crippen LogP contribution in [-0.4, -0.2) is 31.9 Å². The number of benzene rings is 2. The van der Waals surface area contributed by atoms with Crippen LogP contribution in [0.3, 0.4) is 0 Å². The van der Waals surface area contributed by atoms with Crippen molar-refractivity contribution >= 4 is 57.1 Å². The number of aliphatic imine (C=N–C) groups is 1. The second kappa shape index (κ2) is 8.15. The van der Waals surface area contributed by atoms with Crippen LogP contribution in [0.25, 0.3) is 17.4 Å². The highest BCUT2D eigenvalue weighted by molar-refractivity contribution is 8.27. The summed E-state index contributed by atoms with van der Waals surface area (Å²) >= 11 is 7.41. The number of halogens is 1. The number of carbonyl (C=O) groups is 1. The number of nitro benzene ring substituents is 1. The van der Waals surface area contributed by atoms with E-state index >= 15 is 0 Å². The number of nitro groups is 1. The van der Waals surface area contributed by atoms with Crippen LogP contribution in [0.15, 0.2) is 80.7 Å². The maximum absolute atomic E-state index is 12.6. The molecule has 33 heavy (non-hydrogen) atoms. The highest BCUT2D eigenvalue weighted by Gasteiger charge is 2.36. The Morgan fingerprint density at radius 1 is 1.15 bits per heavy atom. The molecular formula is C22H12ClN5O4S. The van der Waals surface area contributed by atoms with Crippen molar-refractivity contribution in [2.24, 2.45) is 10.1 Å². The number of nitrogens with one attached hydrogen (secondary N) is 1. The van der Waals surface area contributed by atoms with E-state index in [9.17, 15) is 14.9 Å². The first-order chi connectivity index (χ1) is 15.9. The van der Waals surface area contributed by atoms with E-state index in [1.54, 1.807) is 42.5 Å². The van der Waals surface area contributed by atoms with Gasteiger partial charge in [-0.1, -0.05) is 41.9 Å². The normalized spacial score (nSPS) is 16.6. The number of furan rings is 1. The highest BCUT2D eigenvalue weighted by Crippen LogP contribution is 2.33. The summed E-state index contributed by atoms with van der Waals surface area (Å²) in [6.45, 7) is 0. The average Bonchev–Trinajstić information content (AvgIpc) is 3.44. The van der Waals surface area contributed by atoms with Gasteiger partial charge in [0.15, 0.2) is 5.84 Å². The lowest BCUT2D eigenvalue weighted by atomic mass is 10.1. The minimum atomic E-state index is -0.595. The second-order valence-electron chi connectivity index (χ2n) is 6.91. The van der Waals surface area contributed by atoms with Crippen molar-refractivity contribution < 1.29 is 14.1 Å². The van der Waals surface area contributed by atoms with E-state index in [0.29, 0.717) is 32.7 Å². The minimum absolute atomic E-state index is 0.00320. The SMILES string of the molecule is N=C1/C(=C/c2ccc(-c3cccc([N+](=O)[O-])c3)o2)C(=O)N=C2SC(c3ccccc3Cl)=NN12. The molecule has 1 aromatic heterocycles. The Morgan fingerprint density at radius 2 is 1.97 bits per heavy atom. The number of amides is 1. The monoisotopic (exact) mass is 477 g/mol. The van der Waals surface area contributed by atoms with Gasteiger partial charge in [0.1, 0.15) is 16.6 Å². The average molecular weight is 478 g/mol. The largest absolute Gasteiger partial charge is 0.457 e. The molecule has 0 saturated carbocycles. The summed E-state index contributed by atoms with van der Waals surface area (Å²) in [7, 11) is 0. The molecule has 1 amide bonds. The molecule has 0 bridgehead atoms. The fourth-order valence-electron chi connectivity index (χ4n) is 3.24. The molecule has 0 radical (unpaired) electrons. The predicted molar refractivity (Wildman–Crippen MR) is 126 cm³/mol. The number of hydrogen-bond acceptors (Lipinski definition) is 7. The Bertz CT molecular complexity index is 1440. The number of fused-ring (bicyclic) bond motifs is 1. The Kier molecular flexibility index (Phi) is 5.15. The lowest BCUT2D eigenvalue weighted by molar-refractivity contribution is -0.384. The molecule has 3 aromatic rings. The van der Waals surface area contributed by atoms with Crippen molar-refractivity contribution in [1.82, 2.24) is 5.01 Å². The third-order valence-corrected chi connectivity index (χ3v) is 6.08. The predicted octanol–water partition coefficient (Wildman–Crippen LogP) is 5.18. The zero-order valence-electron chi connectivity index (χ0n) is 16.6. The standard InChI is InChI=1S/C22H12ClN5O4S/c23-17-7-2-1-6-15(17)21-26-27-19(24)16(20(29)25-22(27)33-21)11-14-8-9-18(32-14)12-4-3-5-13(10-12)28(30)31/h1-11,24H/b16-11-,24-19?. The van der Waals surface area contributed by atoms with Crippen molar-refractivity contribution in [2.45, 2.75) is 0 Å². The van der Waals surface area contributed by atoms with Gasteiger partial charge in [-0.3, -0.25) is 20.3 Å². The highest BCUT2D eigenvalue weighted by atomic mass is 35.5. The fourth-order valence-corrected chi connectivity index (χ4v) is 4.45. The number of thioether (sulfide) groups is 1. The van der Waals surface area contributed by atoms with Gasteiger partial charge in [0.25, 0.3) is 11.6 Å². The third kappa shape index (κ3) is 3.86. The summed E-state index contributed by atoms with van der Waals surface area (Å²) in [5.41, 5.74) is 1.14. The summed E-state index contributed by atoms with van der Waals surface area (Å²) in [5, 5.41) is 26.5. The Labute approximate surface area is 195 Å². The van der Waals surface area contributed by atoms with Crippen molar-refractivity contribution in [3.8, 4) is 11.3 Å². The van der Waals surface area contributed by atoms with Gasteiger partial charge in [-0.2, -0.15) is 15.1 Å². The summed E-state index contributed by atoms with van der Waals surface area (Å²) in [4.78, 5) is 27.2. The van der Waals surface area contributed by atoms with Crippen molar-refractivity contribution in [1.29, 1.82) is 5.41 Å². The van der Waals surface area contributed by atoms with Crippen molar-refractivity contribution in [3.05, 3.63) is 92.7 Å². The van der Waals surface area contributed by atoms with Gasteiger partial charge in [-0.15, -0.1) is 0 Å². The number of amidine groups is 2. The van der Waals surface area contributed by atoms with Crippen LogP contribution >= 0.6 is 23.4 Å². The van der Waals surface area contributed by atoms with Crippen LogP contribution in [-0.2, 0) is 4.79 Å². The summed E-state index contributed by atoms with van der Waals surface area (Å²) in [5.74, 6) is -0.0544. The van der Waals surface area contributed by atoms with Crippen LogP contribution in [0, 0.1) is 15.5 Å². The number of nitrogens with zero attached hydrogens (tertiary/aromatic N) is 4. The van der Waals surface area contributed by atoms with Crippen LogP contribution in [0.5, 0.6) is 0 Å². The van der Waals surface area contributed by atoms with Crippen LogP contribution in [0.2, 0.25) is 5.02 Å². The van der Waals surface area contributed by atoms with Crippen LogP contribution in [0.4, 0.5) is 5.69 Å². The molecule has 0 spiro atoms. The van der Waals surface area contributed by atoms with Crippen molar-refractivity contribution in [3.63, 3.8) is 0 Å². The van der Waals surface area contributed by atoms with Gasteiger partial charge in [0.2, 0.25) is 5.17 Å². The van der Waals surface area contributed by atoms with Crippen molar-refractivity contribution in [2.75, 3.05) is 0 Å². The minimum Gasteiger partial charge on any atom is -0.457 e. The Morgan fingerprint density at radius 3 is 2.76 bits per heavy atom. The summed E-state index contributed by atoms with van der Waals surface area (Å²) in [6.07, 6.45) is 1.40. The number of carbonyl (C=O) groups excluding carboxylic acids is 1. The first-order valence-electron chi connectivity index (χ1n) is 9.50. The summed E-state index contributed by atoms with van der Waals surface area (Å²) in [6, 6.07) is 16.4. The molecular weight excluding hydrogens is 466 g/mol. The fraction of sp³-hybridized carbons (Fsp3) is 0. The second-order valence-corrected chi connectivity index (χ2v) is 8.28. The molecule has 11 heteroatoms. The van der Waals surface area contributed by atoms with E-state index in [0.717, 1.165) is 11.8 Å². The summed E-state index contributed by atoms with van der Waals surface area (Å²) < 4.78 is 5.75. The van der Waals surface area contributed by atoms with E-state index in [4.69, 9.17) is 21.4 Å². The number of rotatable bonds is 4. The molecule has 2 aliphatic heterocycles. The molecule has 0 fully saturated rings. The molecule has 5 rings (SSSR count). The number of non-ortho nitro benzene ring substituents is 1.